The fourth-order valence-electron chi connectivity index (χ4n) is 3.09. The number of rotatable bonds is 12. The summed E-state index contributed by atoms with van der Waals surface area (Å²) in [6.07, 6.45) is 7.88. The molecule has 10 heteroatoms. The third-order valence-electron chi connectivity index (χ3n) is 5.15. The SMILES string of the molecule is CCOCCO[C@@H](/C=C/C=C/C#C[C@@H]1C[C@H]1Cl)C[C@@H](C)S(=O)(=O)c1nnnn1-c1ccccc1. The number of benzene rings is 1. The average molecular weight is 505 g/mol. The molecule has 0 unspecified atom stereocenters. The van der Waals surface area contributed by atoms with Crippen molar-refractivity contribution in [2.45, 2.75) is 48.6 Å². The van der Waals surface area contributed by atoms with E-state index in [-0.39, 0.29) is 22.9 Å². The maximum atomic E-state index is 13.3. The van der Waals surface area contributed by atoms with Gasteiger partial charge < -0.3 is 9.47 Å². The number of allylic oxidation sites excluding steroid dienone is 3. The van der Waals surface area contributed by atoms with Crippen molar-refractivity contribution < 1.29 is 17.9 Å². The highest BCUT2D eigenvalue weighted by Crippen LogP contribution is 2.34. The lowest BCUT2D eigenvalue weighted by molar-refractivity contribution is 0.0240. The number of hydrogen-bond acceptors (Lipinski definition) is 7. The van der Waals surface area contributed by atoms with Gasteiger partial charge in [-0.3, -0.25) is 0 Å². The molecule has 0 saturated heterocycles. The third kappa shape index (κ3) is 7.50. The molecule has 8 nitrogen and oxygen atoms in total. The Balaban J connectivity index is 1.69. The molecule has 1 aliphatic rings. The lowest BCUT2D eigenvalue weighted by Crippen LogP contribution is -2.27. The van der Waals surface area contributed by atoms with Crippen LogP contribution in [0.15, 0.2) is 59.8 Å². The zero-order chi connectivity index (χ0) is 24.4. The van der Waals surface area contributed by atoms with Crippen molar-refractivity contribution in [3.05, 3.63) is 54.6 Å². The first-order valence-corrected chi connectivity index (χ1v) is 13.2. The molecule has 0 radical (unpaired) electrons. The Kier molecular flexibility index (Phi) is 9.84. The summed E-state index contributed by atoms with van der Waals surface area (Å²) in [7, 11) is -3.82. The summed E-state index contributed by atoms with van der Waals surface area (Å²) in [4.78, 5) is 0. The summed E-state index contributed by atoms with van der Waals surface area (Å²) in [5, 5.41) is 10.4. The van der Waals surface area contributed by atoms with E-state index >= 15 is 0 Å². The van der Waals surface area contributed by atoms with E-state index in [4.69, 9.17) is 21.1 Å². The molecule has 182 valence electrons. The van der Waals surface area contributed by atoms with Crippen molar-refractivity contribution in [1.29, 1.82) is 0 Å². The van der Waals surface area contributed by atoms with Gasteiger partial charge in [-0.15, -0.1) is 11.6 Å². The zero-order valence-electron chi connectivity index (χ0n) is 19.2. The minimum Gasteiger partial charge on any atom is -0.379 e. The van der Waals surface area contributed by atoms with Crippen molar-refractivity contribution in [2.24, 2.45) is 5.92 Å². The molecule has 0 bridgehead atoms. The fourth-order valence-corrected chi connectivity index (χ4v) is 4.68. The summed E-state index contributed by atoms with van der Waals surface area (Å²) in [5.74, 6) is 6.33. The van der Waals surface area contributed by atoms with Gasteiger partial charge in [0.2, 0.25) is 9.84 Å². The van der Waals surface area contributed by atoms with Crippen LogP contribution in [0.25, 0.3) is 5.69 Å². The smallest absolute Gasteiger partial charge is 0.272 e. The summed E-state index contributed by atoms with van der Waals surface area (Å²) < 4.78 is 39.1. The molecule has 1 aliphatic carbocycles. The van der Waals surface area contributed by atoms with Crippen molar-refractivity contribution in [1.82, 2.24) is 20.2 Å². The molecule has 0 N–H and O–H groups in total. The highest BCUT2D eigenvalue weighted by Gasteiger charge is 2.33. The zero-order valence-corrected chi connectivity index (χ0v) is 20.8. The lowest BCUT2D eigenvalue weighted by atomic mass is 10.2. The van der Waals surface area contributed by atoms with E-state index in [1.54, 1.807) is 49.4 Å². The Bertz CT molecular complexity index is 1140. The van der Waals surface area contributed by atoms with Crippen LogP contribution in [0, 0.1) is 17.8 Å². The highest BCUT2D eigenvalue weighted by atomic mass is 35.5. The molecule has 34 heavy (non-hydrogen) atoms. The Morgan fingerprint density at radius 1 is 1.26 bits per heavy atom. The largest absolute Gasteiger partial charge is 0.379 e. The molecule has 1 heterocycles. The molecular weight excluding hydrogens is 476 g/mol. The Morgan fingerprint density at radius 2 is 2.03 bits per heavy atom. The minimum atomic E-state index is -3.82. The van der Waals surface area contributed by atoms with E-state index in [0.717, 1.165) is 6.42 Å². The second-order valence-electron chi connectivity index (χ2n) is 7.80. The molecule has 1 aromatic carbocycles. The van der Waals surface area contributed by atoms with Crippen molar-refractivity contribution in [3.63, 3.8) is 0 Å². The van der Waals surface area contributed by atoms with Crippen LogP contribution in [0.5, 0.6) is 0 Å². The van der Waals surface area contributed by atoms with Gasteiger partial charge in [-0.2, -0.15) is 4.68 Å². The van der Waals surface area contributed by atoms with Crippen LogP contribution in [0.3, 0.4) is 0 Å². The van der Waals surface area contributed by atoms with Crippen LogP contribution in [-0.4, -0.2) is 65.2 Å². The van der Waals surface area contributed by atoms with Gasteiger partial charge in [0.25, 0.3) is 5.16 Å². The van der Waals surface area contributed by atoms with E-state index in [9.17, 15) is 8.42 Å². The summed E-state index contributed by atoms with van der Waals surface area (Å²) >= 11 is 5.94. The van der Waals surface area contributed by atoms with Gasteiger partial charge >= 0.3 is 0 Å². The number of alkyl halides is 1. The van der Waals surface area contributed by atoms with Crippen LogP contribution >= 0.6 is 11.6 Å². The van der Waals surface area contributed by atoms with Crippen LogP contribution in [0.4, 0.5) is 0 Å². The number of tetrazole rings is 1. The predicted molar refractivity (Wildman–Crippen MR) is 130 cm³/mol. The lowest BCUT2D eigenvalue weighted by Gasteiger charge is -2.19. The number of para-hydroxylation sites is 1. The topological polar surface area (TPSA) is 96.2 Å². The average Bonchev–Trinajstić information content (AvgIpc) is 3.31. The Hall–Kier alpha value is -2.51. The highest BCUT2D eigenvalue weighted by molar-refractivity contribution is 7.91. The molecule has 4 atom stereocenters. The number of hydrogen-bond donors (Lipinski definition) is 0. The molecule has 1 aromatic heterocycles. The molecule has 1 fully saturated rings. The van der Waals surface area contributed by atoms with Crippen LogP contribution in [0.2, 0.25) is 0 Å². The fraction of sp³-hybridized carbons (Fsp3) is 0.458. The van der Waals surface area contributed by atoms with Gasteiger partial charge in [0.05, 0.1) is 30.3 Å². The van der Waals surface area contributed by atoms with Crippen molar-refractivity contribution >= 4 is 21.4 Å². The molecule has 1 saturated carbocycles. The molecule has 0 spiro atoms. The maximum absolute atomic E-state index is 13.3. The molecular formula is C24H29ClN4O4S. The molecule has 2 aromatic rings. The van der Waals surface area contributed by atoms with E-state index in [2.05, 4.69) is 27.4 Å². The minimum absolute atomic E-state index is 0.172. The second-order valence-corrected chi connectivity index (χ2v) is 10.6. The first-order chi connectivity index (χ1) is 16.4. The van der Waals surface area contributed by atoms with Gasteiger partial charge in [0.15, 0.2) is 0 Å². The van der Waals surface area contributed by atoms with Crippen LogP contribution in [-0.2, 0) is 19.3 Å². The number of halogens is 1. The monoisotopic (exact) mass is 504 g/mol. The summed E-state index contributed by atoms with van der Waals surface area (Å²) in [6.45, 7) is 4.90. The van der Waals surface area contributed by atoms with E-state index in [1.807, 2.05) is 19.1 Å². The standard InChI is InChI=1S/C24H29ClN4O4S/c1-3-32-15-16-33-22(14-10-5-4-7-11-20-18-23(20)25)17-19(2)34(30,31)24-26-27-28-29(24)21-12-8-6-9-13-21/h4-6,8-10,12-14,19-20,22-23H,3,15-18H2,1-2H3/b5-4+,14-10+/t19-,20-,22+,23-/m1/s1. The molecule has 0 amide bonds. The summed E-state index contributed by atoms with van der Waals surface area (Å²) in [6, 6.07) is 8.91. The Labute approximate surface area is 205 Å². The van der Waals surface area contributed by atoms with Gasteiger partial charge in [0.1, 0.15) is 0 Å². The third-order valence-corrected chi connectivity index (χ3v) is 7.65. The predicted octanol–water partition coefficient (Wildman–Crippen LogP) is 3.38. The van der Waals surface area contributed by atoms with E-state index < -0.39 is 21.2 Å². The number of aromatic nitrogens is 4. The number of nitrogens with zero attached hydrogens (tertiary/aromatic N) is 4. The first-order valence-electron chi connectivity index (χ1n) is 11.2. The first kappa shape index (κ1) is 26.1. The van der Waals surface area contributed by atoms with Gasteiger partial charge in [0, 0.05) is 17.9 Å². The van der Waals surface area contributed by atoms with Gasteiger partial charge in [-0.25, -0.2) is 8.42 Å². The van der Waals surface area contributed by atoms with Gasteiger partial charge in [-0.1, -0.05) is 53.4 Å². The van der Waals surface area contributed by atoms with Gasteiger partial charge in [-0.05, 0) is 55.3 Å². The molecule has 3 rings (SSSR count). The second kappa shape index (κ2) is 12.8. The summed E-state index contributed by atoms with van der Waals surface area (Å²) in [5.41, 5.74) is 0.570. The quantitative estimate of drug-likeness (QED) is 0.189. The number of ether oxygens (including phenoxy) is 2. The Morgan fingerprint density at radius 3 is 2.74 bits per heavy atom. The van der Waals surface area contributed by atoms with Crippen molar-refractivity contribution in [3.8, 4) is 17.5 Å². The van der Waals surface area contributed by atoms with E-state index in [1.165, 1.54) is 4.68 Å². The van der Waals surface area contributed by atoms with Crippen LogP contribution in [0.1, 0.15) is 26.7 Å². The number of sulfone groups is 1. The van der Waals surface area contributed by atoms with E-state index in [0.29, 0.717) is 25.5 Å². The molecule has 0 aliphatic heterocycles. The van der Waals surface area contributed by atoms with Crippen molar-refractivity contribution in [2.75, 3.05) is 19.8 Å². The normalized spacial score (nSPS) is 19.7. The van der Waals surface area contributed by atoms with Crippen LogP contribution < -0.4 is 0 Å². The maximum Gasteiger partial charge on any atom is 0.272 e.